The molecule has 1 aromatic heterocycles. The molecule has 0 atom stereocenters. The van der Waals surface area contributed by atoms with Crippen molar-refractivity contribution >= 4 is 38.4 Å². The van der Waals surface area contributed by atoms with E-state index in [1.165, 1.54) is 10.9 Å². The average molecular weight is 274 g/mol. The summed E-state index contributed by atoms with van der Waals surface area (Å²) in [6, 6.07) is 5.50. The Labute approximate surface area is 93.5 Å². The highest BCUT2D eigenvalue weighted by Gasteiger charge is 2.02. The third-order valence-corrected chi connectivity index (χ3v) is 2.67. The van der Waals surface area contributed by atoms with E-state index in [1.54, 1.807) is 12.1 Å². The van der Waals surface area contributed by atoms with Crippen LogP contribution in [0.2, 0.25) is 0 Å². The van der Waals surface area contributed by atoms with Gasteiger partial charge in [0.2, 0.25) is 0 Å². The first-order chi connectivity index (χ1) is 6.72. The quantitative estimate of drug-likeness (QED) is 0.748. The van der Waals surface area contributed by atoms with Crippen molar-refractivity contribution in [1.29, 1.82) is 0 Å². The fraction of sp³-hybridized carbons (Fsp3) is 0.111. The Morgan fingerprint density at radius 3 is 3.00 bits per heavy atom. The van der Waals surface area contributed by atoms with E-state index in [1.807, 2.05) is 6.07 Å². The number of benzene rings is 1. The van der Waals surface area contributed by atoms with E-state index < -0.39 is 0 Å². The van der Waals surface area contributed by atoms with Crippen LogP contribution in [-0.4, -0.2) is 9.55 Å². The zero-order valence-electron chi connectivity index (χ0n) is 7.08. The van der Waals surface area contributed by atoms with Gasteiger partial charge < -0.3 is 0 Å². The van der Waals surface area contributed by atoms with Crippen molar-refractivity contribution in [2.45, 2.75) is 6.00 Å². The number of hydrogen-bond donors (Lipinski definition) is 0. The zero-order valence-corrected chi connectivity index (χ0v) is 9.42. The largest absolute Gasteiger partial charge is 0.284 e. The van der Waals surface area contributed by atoms with E-state index in [4.69, 9.17) is 11.6 Å². The number of fused-ring (bicyclic) bond motifs is 1. The maximum absolute atomic E-state index is 11.7. The molecule has 0 unspecified atom stereocenters. The highest BCUT2D eigenvalue weighted by Crippen LogP contribution is 2.14. The van der Waals surface area contributed by atoms with Gasteiger partial charge in [0, 0.05) is 4.47 Å². The molecule has 1 heterocycles. The minimum Gasteiger partial charge on any atom is -0.284 e. The maximum atomic E-state index is 11.7. The molecule has 0 saturated carbocycles. The summed E-state index contributed by atoms with van der Waals surface area (Å²) in [4.78, 5) is 15.8. The molecule has 0 spiro atoms. The van der Waals surface area contributed by atoms with Gasteiger partial charge in [0.1, 0.15) is 6.00 Å². The van der Waals surface area contributed by atoms with Crippen molar-refractivity contribution in [1.82, 2.24) is 9.55 Å². The third-order valence-electron chi connectivity index (χ3n) is 1.91. The molecule has 0 saturated heterocycles. The van der Waals surface area contributed by atoms with Crippen LogP contribution in [0.3, 0.4) is 0 Å². The number of aromatic nitrogens is 2. The first kappa shape index (κ1) is 9.68. The lowest BCUT2D eigenvalue weighted by molar-refractivity contribution is 0.816. The molecular weight excluding hydrogens is 267 g/mol. The first-order valence-electron chi connectivity index (χ1n) is 3.93. The standard InChI is InChI=1S/C9H6BrClN2O/c10-6-1-2-8-7(3-6)9(14)13(4-11)5-12-8/h1-3,5H,4H2. The summed E-state index contributed by atoms with van der Waals surface area (Å²) in [5, 5.41) is 0.572. The van der Waals surface area contributed by atoms with Crippen LogP contribution in [0.5, 0.6) is 0 Å². The minimum atomic E-state index is -0.119. The molecule has 0 N–H and O–H groups in total. The maximum Gasteiger partial charge on any atom is 0.262 e. The lowest BCUT2D eigenvalue weighted by Gasteiger charge is -2.01. The number of halogens is 2. The van der Waals surface area contributed by atoms with Gasteiger partial charge in [-0.1, -0.05) is 15.9 Å². The minimum absolute atomic E-state index is 0.119. The van der Waals surface area contributed by atoms with Crippen LogP contribution in [0.15, 0.2) is 33.8 Å². The predicted octanol–water partition coefficient (Wildman–Crippen LogP) is 2.36. The van der Waals surface area contributed by atoms with E-state index in [0.717, 1.165) is 4.47 Å². The Bertz CT molecular complexity index is 538. The molecule has 2 aromatic rings. The average Bonchev–Trinajstić information content (AvgIpc) is 2.20. The lowest BCUT2D eigenvalue weighted by atomic mass is 10.2. The molecule has 0 aliphatic carbocycles. The zero-order chi connectivity index (χ0) is 10.1. The van der Waals surface area contributed by atoms with Crippen LogP contribution < -0.4 is 5.56 Å². The highest BCUT2D eigenvalue weighted by molar-refractivity contribution is 9.10. The van der Waals surface area contributed by atoms with Crippen molar-refractivity contribution < 1.29 is 0 Å². The molecule has 2 rings (SSSR count). The second-order valence-electron chi connectivity index (χ2n) is 2.80. The van der Waals surface area contributed by atoms with Gasteiger partial charge in [-0.3, -0.25) is 9.36 Å². The Balaban J connectivity index is 2.87. The van der Waals surface area contributed by atoms with Crippen LogP contribution in [0, 0.1) is 0 Å². The molecular formula is C9H6BrClN2O. The van der Waals surface area contributed by atoms with Crippen LogP contribution in [-0.2, 0) is 6.00 Å². The number of alkyl halides is 1. The molecule has 0 amide bonds. The SMILES string of the molecule is O=c1c2cc(Br)ccc2ncn1CCl. The van der Waals surface area contributed by atoms with Crippen LogP contribution in [0.25, 0.3) is 10.9 Å². The van der Waals surface area contributed by atoms with Crippen molar-refractivity contribution in [2.24, 2.45) is 0 Å². The second kappa shape index (κ2) is 3.71. The summed E-state index contributed by atoms with van der Waals surface area (Å²) < 4.78 is 2.22. The topological polar surface area (TPSA) is 34.9 Å². The van der Waals surface area contributed by atoms with Gasteiger partial charge >= 0.3 is 0 Å². The summed E-state index contributed by atoms with van der Waals surface area (Å²) in [7, 11) is 0. The number of nitrogens with zero attached hydrogens (tertiary/aromatic N) is 2. The van der Waals surface area contributed by atoms with Gasteiger partial charge in [0.15, 0.2) is 0 Å². The molecule has 5 heteroatoms. The molecule has 0 radical (unpaired) electrons. The number of rotatable bonds is 1. The van der Waals surface area contributed by atoms with Crippen molar-refractivity contribution in [3.8, 4) is 0 Å². The predicted molar refractivity (Wildman–Crippen MR) is 59.6 cm³/mol. The van der Waals surface area contributed by atoms with Crippen LogP contribution in [0.4, 0.5) is 0 Å². The number of hydrogen-bond acceptors (Lipinski definition) is 2. The molecule has 0 bridgehead atoms. The summed E-state index contributed by atoms with van der Waals surface area (Å²) in [6.45, 7) is 0. The van der Waals surface area contributed by atoms with E-state index in [9.17, 15) is 4.79 Å². The normalized spacial score (nSPS) is 10.7. The molecule has 0 fully saturated rings. The molecule has 3 nitrogen and oxygen atoms in total. The molecule has 72 valence electrons. The summed E-state index contributed by atoms with van der Waals surface area (Å²) in [5.41, 5.74) is 0.561. The van der Waals surface area contributed by atoms with E-state index in [2.05, 4.69) is 20.9 Å². The van der Waals surface area contributed by atoms with Gasteiger partial charge in [-0.05, 0) is 18.2 Å². The summed E-state index contributed by atoms with van der Waals surface area (Å²) in [5.74, 6) is 0. The Morgan fingerprint density at radius 1 is 1.50 bits per heavy atom. The Kier molecular flexibility index (Phi) is 2.56. The van der Waals surface area contributed by atoms with E-state index in [0.29, 0.717) is 10.9 Å². The molecule has 0 aliphatic rings. The Morgan fingerprint density at radius 2 is 2.29 bits per heavy atom. The lowest BCUT2D eigenvalue weighted by Crippen LogP contribution is -2.18. The fourth-order valence-electron chi connectivity index (χ4n) is 1.22. The second-order valence-corrected chi connectivity index (χ2v) is 3.96. The van der Waals surface area contributed by atoms with Crippen molar-refractivity contribution in [3.05, 3.63) is 39.4 Å². The van der Waals surface area contributed by atoms with E-state index >= 15 is 0 Å². The highest BCUT2D eigenvalue weighted by atomic mass is 79.9. The molecule has 0 aliphatic heterocycles. The molecule has 1 aromatic carbocycles. The van der Waals surface area contributed by atoms with Crippen LogP contribution in [0.1, 0.15) is 0 Å². The van der Waals surface area contributed by atoms with Gasteiger partial charge in [-0.15, -0.1) is 11.6 Å². The first-order valence-corrected chi connectivity index (χ1v) is 5.26. The smallest absolute Gasteiger partial charge is 0.262 e. The summed E-state index contributed by atoms with van der Waals surface area (Å²) in [6.07, 6.45) is 1.45. The van der Waals surface area contributed by atoms with E-state index in [-0.39, 0.29) is 11.6 Å². The van der Waals surface area contributed by atoms with Gasteiger partial charge in [0.25, 0.3) is 5.56 Å². The summed E-state index contributed by atoms with van der Waals surface area (Å²) >= 11 is 8.89. The van der Waals surface area contributed by atoms with Gasteiger partial charge in [0.05, 0.1) is 17.2 Å². The fourth-order valence-corrected chi connectivity index (χ4v) is 1.75. The Hall–Kier alpha value is -0.870. The van der Waals surface area contributed by atoms with Gasteiger partial charge in [-0.25, -0.2) is 4.98 Å². The van der Waals surface area contributed by atoms with Crippen molar-refractivity contribution in [3.63, 3.8) is 0 Å². The third kappa shape index (κ3) is 1.55. The van der Waals surface area contributed by atoms with Crippen molar-refractivity contribution in [2.75, 3.05) is 0 Å². The van der Waals surface area contributed by atoms with Crippen LogP contribution >= 0.6 is 27.5 Å². The monoisotopic (exact) mass is 272 g/mol. The molecule has 14 heavy (non-hydrogen) atoms. The van der Waals surface area contributed by atoms with Gasteiger partial charge in [-0.2, -0.15) is 0 Å².